The van der Waals surface area contributed by atoms with E-state index in [9.17, 15) is 9.59 Å². The van der Waals surface area contributed by atoms with Gasteiger partial charge >= 0.3 is 0 Å². The molecular formula is C16H25N4O3. The van der Waals surface area contributed by atoms with Gasteiger partial charge in [0.15, 0.2) is 5.69 Å². The summed E-state index contributed by atoms with van der Waals surface area (Å²) in [5.74, 6) is 0.450. The molecule has 1 saturated carbocycles. The third-order valence-corrected chi connectivity index (χ3v) is 4.24. The number of likely N-dealkylation sites (N-methyl/N-ethyl adjacent to an activating group) is 1. The van der Waals surface area contributed by atoms with Gasteiger partial charge in [-0.15, -0.1) is 0 Å². The highest BCUT2D eigenvalue weighted by atomic mass is 16.5. The fraction of sp³-hybridized carbons (Fsp3) is 0.625. The van der Waals surface area contributed by atoms with E-state index < -0.39 is 5.91 Å². The number of aromatic nitrogens is 1. The number of carbonyl (C=O) groups excluding carboxylic acids is 2. The fourth-order valence-electron chi connectivity index (χ4n) is 2.78. The molecule has 2 amide bonds. The fourth-order valence-corrected chi connectivity index (χ4v) is 2.78. The van der Waals surface area contributed by atoms with Crippen LogP contribution in [0.2, 0.25) is 0 Å². The molecule has 0 aromatic carbocycles. The zero-order chi connectivity index (χ0) is 16.7. The van der Waals surface area contributed by atoms with Gasteiger partial charge in [-0.25, -0.2) is 0 Å². The van der Waals surface area contributed by atoms with Gasteiger partial charge < -0.3 is 20.5 Å². The number of nitrogens with zero attached hydrogens (tertiary/aromatic N) is 2. The molecule has 0 saturated heterocycles. The first kappa shape index (κ1) is 17.3. The second kappa shape index (κ2) is 8.55. The zero-order valence-electron chi connectivity index (χ0n) is 13.6. The summed E-state index contributed by atoms with van der Waals surface area (Å²) in [6.45, 7) is 1.04. The Labute approximate surface area is 136 Å². The van der Waals surface area contributed by atoms with Crippen molar-refractivity contribution in [1.82, 2.24) is 10.1 Å². The van der Waals surface area contributed by atoms with Crippen LogP contribution >= 0.6 is 0 Å². The molecule has 1 fully saturated rings. The lowest BCUT2D eigenvalue weighted by Gasteiger charge is -2.22. The van der Waals surface area contributed by atoms with E-state index in [-0.39, 0.29) is 11.6 Å². The number of carbonyl (C=O) groups is 2. The summed E-state index contributed by atoms with van der Waals surface area (Å²) in [6.07, 6.45) is 9.06. The molecule has 1 aliphatic rings. The minimum Gasteiger partial charge on any atom is -0.364 e. The van der Waals surface area contributed by atoms with Crippen LogP contribution in [-0.4, -0.2) is 42.0 Å². The second-order valence-corrected chi connectivity index (χ2v) is 6.07. The smallest absolute Gasteiger partial charge is 0.270 e. The summed E-state index contributed by atoms with van der Waals surface area (Å²) >= 11 is 0. The van der Waals surface area contributed by atoms with Gasteiger partial charge in [-0.2, -0.15) is 0 Å². The van der Waals surface area contributed by atoms with E-state index in [0.29, 0.717) is 24.9 Å². The number of rotatable bonds is 8. The highest BCUT2D eigenvalue weighted by molar-refractivity contribution is 5.91. The van der Waals surface area contributed by atoms with Crippen molar-refractivity contribution in [2.24, 2.45) is 11.7 Å². The van der Waals surface area contributed by atoms with Gasteiger partial charge in [-0.05, 0) is 12.3 Å². The van der Waals surface area contributed by atoms with E-state index >= 15 is 0 Å². The topological polar surface area (TPSA) is 101 Å². The predicted octanol–water partition coefficient (Wildman–Crippen LogP) is 1.82. The van der Waals surface area contributed by atoms with Crippen LogP contribution in [0.1, 0.15) is 49.0 Å². The molecule has 0 unspecified atom stereocenters. The number of anilines is 1. The van der Waals surface area contributed by atoms with E-state index in [2.05, 4.69) is 10.5 Å². The van der Waals surface area contributed by atoms with E-state index in [1.165, 1.54) is 38.2 Å². The Balaban J connectivity index is 1.63. The minimum absolute atomic E-state index is 0.0489. The van der Waals surface area contributed by atoms with Crippen molar-refractivity contribution >= 4 is 17.7 Å². The lowest BCUT2D eigenvalue weighted by molar-refractivity contribution is -0.126. The first-order valence-corrected chi connectivity index (χ1v) is 8.15. The molecule has 2 rings (SSSR count). The van der Waals surface area contributed by atoms with Gasteiger partial charge in [0, 0.05) is 32.6 Å². The molecule has 0 atom stereocenters. The third kappa shape index (κ3) is 5.58. The van der Waals surface area contributed by atoms with Crippen molar-refractivity contribution in [3.8, 4) is 0 Å². The average molecular weight is 321 g/mol. The van der Waals surface area contributed by atoms with Crippen LogP contribution < -0.4 is 11.1 Å². The number of primary amides is 1. The van der Waals surface area contributed by atoms with Gasteiger partial charge in [-0.1, -0.05) is 37.3 Å². The lowest BCUT2D eigenvalue weighted by atomic mass is 9.86. The Morgan fingerprint density at radius 1 is 1.43 bits per heavy atom. The number of hydrogen-bond donors (Lipinski definition) is 2. The number of hydrogen-bond acceptors (Lipinski definition) is 5. The highest BCUT2D eigenvalue weighted by Gasteiger charge is 2.17. The summed E-state index contributed by atoms with van der Waals surface area (Å²) in [7, 11) is 1.77. The van der Waals surface area contributed by atoms with Gasteiger partial charge in [-0.3, -0.25) is 9.59 Å². The Hall–Kier alpha value is -2.05. The van der Waals surface area contributed by atoms with Crippen molar-refractivity contribution in [2.45, 2.75) is 38.5 Å². The average Bonchev–Trinajstić information content (AvgIpc) is 3.02. The first-order chi connectivity index (χ1) is 11.1. The number of nitrogens with one attached hydrogen (secondary N) is 1. The molecule has 1 radical (unpaired) electrons. The Kier molecular flexibility index (Phi) is 6.43. The summed E-state index contributed by atoms with van der Waals surface area (Å²) in [4.78, 5) is 24.6. The van der Waals surface area contributed by atoms with Crippen LogP contribution in [0.25, 0.3) is 0 Å². The molecule has 127 valence electrons. The van der Waals surface area contributed by atoms with Crippen molar-refractivity contribution in [3.05, 3.63) is 18.2 Å². The molecule has 0 aliphatic heterocycles. The molecule has 7 heteroatoms. The minimum atomic E-state index is -0.633. The molecule has 0 spiro atoms. The molecule has 23 heavy (non-hydrogen) atoms. The van der Waals surface area contributed by atoms with E-state index in [4.69, 9.17) is 10.3 Å². The summed E-state index contributed by atoms with van der Waals surface area (Å²) < 4.78 is 4.92. The van der Waals surface area contributed by atoms with Crippen molar-refractivity contribution in [3.63, 3.8) is 0 Å². The molecule has 1 heterocycles. The van der Waals surface area contributed by atoms with Gasteiger partial charge in [0.25, 0.3) is 5.91 Å². The van der Waals surface area contributed by atoms with E-state index in [0.717, 1.165) is 6.42 Å². The SMILES string of the molecule is CN(CCNc1cc(C(N)=O)no1)C(=O)[CH]CC1CCCCC1. The molecule has 3 N–H and O–H groups in total. The van der Waals surface area contributed by atoms with Crippen LogP contribution in [0.4, 0.5) is 5.88 Å². The van der Waals surface area contributed by atoms with Crippen LogP contribution in [0, 0.1) is 12.3 Å². The maximum absolute atomic E-state index is 12.1. The summed E-state index contributed by atoms with van der Waals surface area (Å²) in [5, 5.41) is 6.50. The maximum atomic E-state index is 12.1. The van der Waals surface area contributed by atoms with Gasteiger partial charge in [0.2, 0.25) is 11.8 Å². The Morgan fingerprint density at radius 2 is 2.17 bits per heavy atom. The molecule has 0 bridgehead atoms. The number of amides is 2. The molecule has 1 aromatic heterocycles. The molecule has 7 nitrogen and oxygen atoms in total. The van der Waals surface area contributed by atoms with Crippen LogP contribution in [0.3, 0.4) is 0 Å². The quantitative estimate of drug-likeness (QED) is 0.760. The van der Waals surface area contributed by atoms with Gasteiger partial charge in [0.05, 0.1) is 0 Å². The monoisotopic (exact) mass is 321 g/mol. The Morgan fingerprint density at radius 3 is 2.83 bits per heavy atom. The Bertz CT molecular complexity index is 523. The largest absolute Gasteiger partial charge is 0.364 e. The highest BCUT2D eigenvalue weighted by Crippen LogP contribution is 2.27. The standard InChI is InChI=1S/C16H25N4O3/c1-20(15(21)8-7-12-5-3-2-4-6-12)10-9-18-14-11-13(16(17)22)19-23-14/h8,11-12,18H,2-7,9-10H2,1H3,(H2,17,22). The van der Waals surface area contributed by atoms with Crippen molar-refractivity contribution in [2.75, 3.05) is 25.5 Å². The van der Waals surface area contributed by atoms with Crippen molar-refractivity contribution in [1.29, 1.82) is 0 Å². The van der Waals surface area contributed by atoms with E-state index in [1.54, 1.807) is 18.4 Å². The van der Waals surface area contributed by atoms with Crippen LogP contribution in [-0.2, 0) is 4.79 Å². The summed E-state index contributed by atoms with van der Waals surface area (Å²) in [6, 6.07) is 1.44. The molecule has 1 aliphatic carbocycles. The van der Waals surface area contributed by atoms with Crippen LogP contribution in [0.5, 0.6) is 0 Å². The van der Waals surface area contributed by atoms with E-state index in [1.807, 2.05) is 0 Å². The predicted molar refractivity (Wildman–Crippen MR) is 86.6 cm³/mol. The maximum Gasteiger partial charge on any atom is 0.270 e. The van der Waals surface area contributed by atoms with Gasteiger partial charge in [0.1, 0.15) is 0 Å². The lowest BCUT2D eigenvalue weighted by Crippen LogP contribution is -2.32. The molecular weight excluding hydrogens is 296 g/mol. The van der Waals surface area contributed by atoms with Crippen molar-refractivity contribution < 1.29 is 14.1 Å². The first-order valence-electron chi connectivity index (χ1n) is 8.15. The zero-order valence-corrected chi connectivity index (χ0v) is 13.6. The summed E-state index contributed by atoms with van der Waals surface area (Å²) in [5.41, 5.74) is 5.17. The molecule has 1 aromatic rings. The number of nitrogens with two attached hydrogens (primary N) is 1. The van der Waals surface area contributed by atoms with Crippen LogP contribution in [0.15, 0.2) is 10.6 Å². The third-order valence-electron chi connectivity index (χ3n) is 4.24. The second-order valence-electron chi connectivity index (χ2n) is 6.07. The normalized spacial score (nSPS) is 15.3.